The summed E-state index contributed by atoms with van der Waals surface area (Å²) in [6.45, 7) is 0.865. The van der Waals surface area contributed by atoms with E-state index in [1.807, 2.05) is 12.1 Å². The Bertz CT molecular complexity index is 612. The highest BCUT2D eigenvalue weighted by atomic mass is 16.5. The van der Waals surface area contributed by atoms with Gasteiger partial charge in [-0.1, -0.05) is 42.5 Å². The highest BCUT2D eigenvalue weighted by Crippen LogP contribution is 2.19. The fourth-order valence-corrected chi connectivity index (χ4v) is 3.02. The van der Waals surface area contributed by atoms with E-state index >= 15 is 0 Å². The zero-order valence-electron chi connectivity index (χ0n) is 12.4. The predicted octanol–water partition coefficient (Wildman–Crippen LogP) is 4.30. The topological polar surface area (TPSA) is 26.3 Å². The summed E-state index contributed by atoms with van der Waals surface area (Å²) in [5, 5.41) is 2.43. The van der Waals surface area contributed by atoms with Crippen LogP contribution in [0, 0.1) is 0 Å². The van der Waals surface area contributed by atoms with Crippen LogP contribution in [0.5, 0.6) is 0 Å². The van der Waals surface area contributed by atoms with Crippen molar-refractivity contribution in [2.45, 2.75) is 44.6 Å². The lowest BCUT2D eigenvalue weighted by Crippen LogP contribution is -2.20. The number of carbonyl (C=O) groups excluding carboxylic acids is 1. The molecule has 0 spiro atoms. The number of hydrogen-bond acceptors (Lipinski definition) is 2. The van der Waals surface area contributed by atoms with E-state index in [-0.39, 0.29) is 0 Å². The maximum absolute atomic E-state index is 12.1. The SMILES string of the molecule is O=C(CCC1CCCCO1)Cc1ccc2ccccc2c1. The first-order valence-corrected chi connectivity index (χ1v) is 7.92. The Balaban J connectivity index is 1.55. The van der Waals surface area contributed by atoms with Crippen LogP contribution in [0.25, 0.3) is 10.8 Å². The van der Waals surface area contributed by atoms with E-state index in [9.17, 15) is 4.79 Å². The van der Waals surface area contributed by atoms with Crippen LogP contribution in [-0.4, -0.2) is 18.5 Å². The molecule has 0 bridgehead atoms. The maximum atomic E-state index is 12.1. The van der Waals surface area contributed by atoms with Gasteiger partial charge in [-0.25, -0.2) is 0 Å². The number of fused-ring (bicyclic) bond motifs is 1. The van der Waals surface area contributed by atoms with Crippen LogP contribution >= 0.6 is 0 Å². The first-order valence-electron chi connectivity index (χ1n) is 7.92. The molecule has 0 saturated carbocycles. The lowest BCUT2D eigenvalue weighted by atomic mass is 9.99. The highest BCUT2D eigenvalue weighted by Gasteiger charge is 2.15. The van der Waals surface area contributed by atoms with Crippen LogP contribution in [0.3, 0.4) is 0 Å². The molecule has 0 N–H and O–H groups in total. The number of carbonyl (C=O) groups is 1. The van der Waals surface area contributed by atoms with Crippen molar-refractivity contribution in [3.05, 3.63) is 48.0 Å². The Hall–Kier alpha value is -1.67. The molecule has 2 heteroatoms. The van der Waals surface area contributed by atoms with Crippen LogP contribution in [-0.2, 0) is 16.0 Å². The molecule has 2 aromatic carbocycles. The predicted molar refractivity (Wildman–Crippen MR) is 85.5 cm³/mol. The van der Waals surface area contributed by atoms with Crippen LogP contribution in [0.1, 0.15) is 37.7 Å². The molecule has 3 rings (SSSR count). The molecule has 110 valence electrons. The standard InChI is InChI=1S/C19H22O2/c20-18(10-11-19-7-3-4-12-21-19)14-15-8-9-16-5-1-2-6-17(16)13-15/h1-2,5-6,8-9,13,19H,3-4,7,10-12,14H2. The molecule has 21 heavy (non-hydrogen) atoms. The second kappa shape index (κ2) is 6.86. The first kappa shape index (κ1) is 14.3. The third kappa shape index (κ3) is 3.92. The van der Waals surface area contributed by atoms with E-state index in [0.717, 1.165) is 25.0 Å². The third-order valence-corrected chi connectivity index (χ3v) is 4.23. The third-order valence-electron chi connectivity index (χ3n) is 4.23. The van der Waals surface area contributed by atoms with Crippen molar-refractivity contribution in [2.24, 2.45) is 0 Å². The summed E-state index contributed by atoms with van der Waals surface area (Å²) in [6, 6.07) is 14.6. The minimum absolute atomic E-state index is 0.305. The monoisotopic (exact) mass is 282 g/mol. The Morgan fingerprint density at radius 2 is 1.95 bits per heavy atom. The van der Waals surface area contributed by atoms with Gasteiger partial charge >= 0.3 is 0 Å². The van der Waals surface area contributed by atoms with Crippen molar-refractivity contribution in [3.63, 3.8) is 0 Å². The quantitative estimate of drug-likeness (QED) is 0.817. The van der Waals surface area contributed by atoms with Crippen molar-refractivity contribution in [1.29, 1.82) is 0 Å². The number of ether oxygens (including phenoxy) is 1. The number of Topliss-reactive ketones (excluding diaryl/α,β-unsaturated/α-hetero) is 1. The highest BCUT2D eigenvalue weighted by molar-refractivity contribution is 5.86. The van der Waals surface area contributed by atoms with Gasteiger partial charge in [0.25, 0.3) is 0 Å². The van der Waals surface area contributed by atoms with Crippen LogP contribution in [0.4, 0.5) is 0 Å². The fraction of sp³-hybridized carbons (Fsp3) is 0.421. The van der Waals surface area contributed by atoms with Gasteiger partial charge in [-0.3, -0.25) is 4.79 Å². The largest absolute Gasteiger partial charge is 0.378 e. The van der Waals surface area contributed by atoms with Gasteiger partial charge in [0.05, 0.1) is 6.10 Å². The molecule has 1 fully saturated rings. The zero-order valence-corrected chi connectivity index (χ0v) is 12.4. The van der Waals surface area contributed by atoms with Gasteiger partial charge in [0.2, 0.25) is 0 Å². The molecule has 0 aliphatic carbocycles. The van der Waals surface area contributed by atoms with E-state index in [2.05, 4.69) is 30.3 Å². The van der Waals surface area contributed by atoms with Crippen molar-refractivity contribution >= 4 is 16.6 Å². The van der Waals surface area contributed by atoms with Gasteiger partial charge in [0.15, 0.2) is 0 Å². The van der Waals surface area contributed by atoms with Crippen LogP contribution in [0.2, 0.25) is 0 Å². The summed E-state index contributed by atoms with van der Waals surface area (Å²) >= 11 is 0. The molecular formula is C19H22O2. The van der Waals surface area contributed by atoms with Crippen molar-refractivity contribution in [2.75, 3.05) is 6.61 Å². The average Bonchev–Trinajstić information content (AvgIpc) is 2.54. The van der Waals surface area contributed by atoms with Gasteiger partial charge < -0.3 is 4.74 Å². The molecule has 1 unspecified atom stereocenters. The van der Waals surface area contributed by atoms with Crippen LogP contribution < -0.4 is 0 Å². The molecule has 1 aliphatic heterocycles. The normalized spacial score (nSPS) is 18.8. The van der Waals surface area contributed by atoms with E-state index in [1.54, 1.807) is 0 Å². The molecule has 1 heterocycles. The minimum atomic E-state index is 0.305. The van der Waals surface area contributed by atoms with Gasteiger partial charge in [0, 0.05) is 19.4 Å². The summed E-state index contributed by atoms with van der Waals surface area (Å²) in [5.74, 6) is 0.319. The Kier molecular flexibility index (Phi) is 4.66. The number of rotatable bonds is 5. The number of ketones is 1. The van der Waals surface area contributed by atoms with E-state index in [0.29, 0.717) is 24.7 Å². The van der Waals surface area contributed by atoms with Crippen LogP contribution in [0.15, 0.2) is 42.5 Å². The van der Waals surface area contributed by atoms with E-state index in [1.165, 1.54) is 23.6 Å². The van der Waals surface area contributed by atoms with Crippen molar-refractivity contribution in [1.82, 2.24) is 0 Å². The van der Waals surface area contributed by atoms with Crippen molar-refractivity contribution < 1.29 is 9.53 Å². The lowest BCUT2D eigenvalue weighted by molar-refractivity contribution is -0.119. The lowest BCUT2D eigenvalue weighted by Gasteiger charge is -2.22. The van der Waals surface area contributed by atoms with Gasteiger partial charge in [-0.05, 0) is 42.0 Å². The second-order valence-electron chi connectivity index (χ2n) is 5.92. The molecular weight excluding hydrogens is 260 g/mol. The summed E-state index contributed by atoms with van der Waals surface area (Å²) in [5.41, 5.74) is 1.11. The van der Waals surface area contributed by atoms with Gasteiger partial charge in [-0.2, -0.15) is 0 Å². The van der Waals surface area contributed by atoms with Crippen molar-refractivity contribution in [3.8, 4) is 0 Å². The summed E-state index contributed by atoms with van der Waals surface area (Å²) < 4.78 is 5.68. The summed E-state index contributed by atoms with van der Waals surface area (Å²) in [7, 11) is 0. The first-order chi connectivity index (χ1) is 10.3. The Morgan fingerprint density at radius 3 is 2.76 bits per heavy atom. The zero-order chi connectivity index (χ0) is 14.5. The molecule has 0 radical (unpaired) electrons. The molecule has 0 aromatic heterocycles. The molecule has 1 saturated heterocycles. The molecule has 1 atom stereocenters. The molecule has 1 aliphatic rings. The Morgan fingerprint density at radius 1 is 1.10 bits per heavy atom. The summed E-state index contributed by atoms with van der Waals surface area (Å²) in [6.07, 6.45) is 5.88. The molecule has 2 nitrogen and oxygen atoms in total. The average molecular weight is 282 g/mol. The summed E-state index contributed by atoms with van der Waals surface area (Å²) in [4.78, 5) is 12.1. The maximum Gasteiger partial charge on any atom is 0.137 e. The molecule has 0 amide bonds. The number of benzene rings is 2. The minimum Gasteiger partial charge on any atom is -0.378 e. The van der Waals surface area contributed by atoms with E-state index < -0.39 is 0 Å². The fourth-order valence-electron chi connectivity index (χ4n) is 3.02. The van der Waals surface area contributed by atoms with E-state index in [4.69, 9.17) is 4.74 Å². The van der Waals surface area contributed by atoms with Gasteiger partial charge in [0.1, 0.15) is 5.78 Å². The number of hydrogen-bond donors (Lipinski definition) is 0. The second-order valence-corrected chi connectivity index (χ2v) is 5.92. The van der Waals surface area contributed by atoms with Gasteiger partial charge in [-0.15, -0.1) is 0 Å². The molecule has 2 aromatic rings. The Labute approximate surface area is 126 Å². The smallest absolute Gasteiger partial charge is 0.137 e.